The summed E-state index contributed by atoms with van der Waals surface area (Å²) >= 11 is 0. The van der Waals surface area contributed by atoms with Crippen molar-refractivity contribution in [3.05, 3.63) is 70.8 Å². The molecule has 1 aromatic carbocycles. The number of rotatable bonds is 8. The van der Waals surface area contributed by atoms with E-state index >= 15 is 0 Å². The summed E-state index contributed by atoms with van der Waals surface area (Å²) in [5.41, 5.74) is 2.80. The third-order valence-corrected chi connectivity index (χ3v) is 5.06. The topological polar surface area (TPSA) is 124 Å². The first-order valence-electron chi connectivity index (χ1n) is 10.3. The molecule has 1 unspecified atom stereocenters. The molecule has 4 rings (SSSR count). The van der Waals surface area contributed by atoms with E-state index in [0.717, 1.165) is 5.56 Å². The van der Waals surface area contributed by atoms with Crippen molar-refractivity contribution >= 4 is 11.6 Å². The molecule has 0 fully saturated rings. The number of oxime groups is 1. The van der Waals surface area contributed by atoms with Gasteiger partial charge in [0.25, 0.3) is 5.91 Å². The Balaban J connectivity index is 1.43. The number of aromatic nitrogens is 4. The van der Waals surface area contributed by atoms with Crippen LogP contribution in [0.3, 0.4) is 0 Å². The molecule has 0 radical (unpaired) electrons. The van der Waals surface area contributed by atoms with Gasteiger partial charge >= 0.3 is 0 Å². The second kappa shape index (κ2) is 9.74. The molecule has 2 N–H and O–H groups in total. The van der Waals surface area contributed by atoms with Crippen molar-refractivity contribution in [1.29, 1.82) is 0 Å². The number of hydrogen-bond acceptors (Lipinski definition) is 8. The summed E-state index contributed by atoms with van der Waals surface area (Å²) in [6, 6.07) is 5.95. The fourth-order valence-electron chi connectivity index (χ4n) is 3.40. The van der Waals surface area contributed by atoms with E-state index in [9.17, 15) is 9.18 Å². The minimum atomic E-state index is -0.470. The molecule has 172 valence electrons. The maximum Gasteiger partial charge on any atom is 0.270 e. The Morgan fingerprint density at radius 2 is 2.21 bits per heavy atom. The number of benzene rings is 1. The predicted octanol–water partition coefficient (Wildman–Crippen LogP) is 1.92. The Bertz CT molecular complexity index is 1200. The van der Waals surface area contributed by atoms with Crippen LogP contribution in [0.15, 0.2) is 41.8 Å². The molecule has 0 aliphatic carbocycles. The molecule has 11 heteroatoms. The lowest BCUT2D eigenvalue weighted by Crippen LogP contribution is -2.25. The number of aliphatic hydroxyl groups excluding tert-OH is 1. The molecule has 2 aromatic heterocycles. The van der Waals surface area contributed by atoms with Gasteiger partial charge in [-0.25, -0.2) is 14.4 Å². The smallest absolute Gasteiger partial charge is 0.270 e. The van der Waals surface area contributed by atoms with E-state index in [0.29, 0.717) is 35.8 Å². The van der Waals surface area contributed by atoms with E-state index in [-0.39, 0.29) is 30.7 Å². The number of nitrogens with zero attached hydrogens (tertiary/aromatic N) is 5. The van der Waals surface area contributed by atoms with Crippen molar-refractivity contribution in [2.75, 3.05) is 13.7 Å². The minimum absolute atomic E-state index is 0.00580. The van der Waals surface area contributed by atoms with E-state index in [2.05, 4.69) is 25.5 Å². The highest BCUT2D eigenvalue weighted by Gasteiger charge is 2.27. The van der Waals surface area contributed by atoms with Gasteiger partial charge in [0, 0.05) is 24.7 Å². The number of amides is 1. The van der Waals surface area contributed by atoms with E-state index in [1.54, 1.807) is 36.1 Å². The average molecular weight is 454 g/mol. The first-order chi connectivity index (χ1) is 16.0. The number of methoxy groups -OCH3 is 1. The van der Waals surface area contributed by atoms with Crippen LogP contribution in [0.25, 0.3) is 0 Å². The quantitative estimate of drug-likeness (QED) is 0.533. The summed E-state index contributed by atoms with van der Waals surface area (Å²) < 4.78 is 20.2. The van der Waals surface area contributed by atoms with E-state index < -0.39 is 11.7 Å². The second-order valence-corrected chi connectivity index (χ2v) is 7.43. The van der Waals surface area contributed by atoms with Crippen LogP contribution in [0.4, 0.5) is 4.39 Å². The highest BCUT2D eigenvalue weighted by Crippen LogP contribution is 2.29. The van der Waals surface area contributed by atoms with Gasteiger partial charge in [-0.15, -0.1) is 0 Å². The second-order valence-electron chi connectivity index (χ2n) is 7.43. The number of carbonyl (C=O) groups is 1. The molecule has 3 heterocycles. The van der Waals surface area contributed by atoms with Crippen molar-refractivity contribution in [1.82, 2.24) is 25.1 Å². The van der Waals surface area contributed by atoms with Gasteiger partial charge in [0.2, 0.25) is 0 Å². The first kappa shape index (κ1) is 22.3. The fourth-order valence-corrected chi connectivity index (χ4v) is 3.40. The molecular formula is C22H23FN6O4. The van der Waals surface area contributed by atoms with Crippen molar-refractivity contribution in [2.45, 2.75) is 32.5 Å². The first-order valence-corrected chi connectivity index (χ1v) is 10.3. The zero-order valence-corrected chi connectivity index (χ0v) is 18.2. The van der Waals surface area contributed by atoms with Crippen LogP contribution >= 0.6 is 0 Å². The van der Waals surface area contributed by atoms with E-state index in [4.69, 9.17) is 14.7 Å². The van der Waals surface area contributed by atoms with Crippen LogP contribution in [0.1, 0.15) is 45.7 Å². The molecule has 1 aliphatic rings. The Morgan fingerprint density at radius 1 is 1.36 bits per heavy atom. The third-order valence-electron chi connectivity index (χ3n) is 5.06. The third kappa shape index (κ3) is 5.14. The van der Waals surface area contributed by atoms with Crippen molar-refractivity contribution in [2.24, 2.45) is 5.16 Å². The number of carbonyl (C=O) groups excluding carboxylic acids is 1. The highest BCUT2D eigenvalue weighted by atomic mass is 19.1. The summed E-state index contributed by atoms with van der Waals surface area (Å²) in [7, 11) is 1.38. The summed E-state index contributed by atoms with van der Waals surface area (Å²) in [6.45, 7) is 2.26. The number of nitrogens with one attached hydrogen (secondary N) is 1. The van der Waals surface area contributed by atoms with Gasteiger partial charge in [-0.05, 0) is 30.7 Å². The monoisotopic (exact) mass is 454 g/mol. The van der Waals surface area contributed by atoms with Crippen LogP contribution in [-0.4, -0.2) is 50.2 Å². The SMILES string of the molecule is COc1cc(CNC(=O)c2cc(C3=NOC(c4cnn(CCO)c4)C3)nc(C)n2)ccc1F. The maximum absolute atomic E-state index is 13.6. The largest absolute Gasteiger partial charge is 0.494 e. The Kier molecular flexibility index (Phi) is 6.59. The number of aliphatic hydroxyl groups is 1. The number of aryl methyl sites for hydroxylation is 1. The molecule has 33 heavy (non-hydrogen) atoms. The summed E-state index contributed by atoms with van der Waals surface area (Å²) in [5, 5.41) is 20.1. The van der Waals surface area contributed by atoms with E-state index in [1.165, 1.54) is 19.2 Å². The van der Waals surface area contributed by atoms with Crippen LogP contribution in [0, 0.1) is 12.7 Å². The Morgan fingerprint density at radius 3 is 3.00 bits per heavy atom. The molecule has 1 aliphatic heterocycles. The zero-order valence-electron chi connectivity index (χ0n) is 18.2. The van der Waals surface area contributed by atoms with Gasteiger partial charge in [-0.2, -0.15) is 5.10 Å². The average Bonchev–Trinajstić information content (AvgIpc) is 3.48. The van der Waals surface area contributed by atoms with Crippen LogP contribution in [0.5, 0.6) is 5.75 Å². The van der Waals surface area contributed by atoms with Crippen LogP contribution < -0.4 is 10.1 Å². The predicted molar refractivity (Wildman–Crippen MR) is 115 cm³/mol. The van der Waals surface area contributed by atoms with Gasteiger partial charge in [-0.3, -0.25) is 9.48 Å². The summed E-state index contributed by atoms with van der Waals surface area (Å²) in [6.07, 6.45) is 3.60. The molecule has 1 atom stereocenters. The summed E-state index contributed by atoms with van der Waals surface area (Å²) in [4.78, 5) is 26.9. The molecular weight excluding hydrogens is 431 g/mol. The molecule has 1 amide bonds. The lowest BCUT2D eigenvalue weighted by atomic mass is 10.1. The molecule has 3 aromatic rings. The van der Waals surface area contributed by atoms with Crippen LogP contribution in [-0.2, 0) is 17.9 Å². The molecule has 10 nitrogen and oxygen atoms in total. The minimum Gasteiger partial charge on any atom is -0.494 e. The molecule has 0 bridgehead atoms. The lowest BCUT2D eigenvalue weighted by molar-refractivity contribution is 0.0856. The van der Waals surface area contributed by atoms with Gasteiger partial charge in [0.05, 0.1) is 32.2 Å². The van der Waals surface area contributed by atoms with E-state index in [1.807, 2.05) is 0 Å². The fraction of sp³-hybridized carbons (Fsp3) is 0.318. The van der Waals surface area contributed by atoms with Crippen LogP contribution in [0.2, 0.25) is 0 Å². The maximum atomic E-state index is 13.6. The van der Waals surface area contributed by atoms with Gasteiger partial charge in [-0.1, -0.05) is 11.2 Å². The lowest BCUT2D eigenvalue weighted by Gasteiger charge is -2.09. The Labute approximate surface area is 189 Å². The highest BCUT2D eigenvalue weighted by molar-refractivity contribution is 6.02. The zero-order chi connectivity index (χ0) is 23.4. The van der Waals surface area contributed by atoms with Gasteiger partial charge in [0.1, 0.15) is 17.2 Å². The number of ether oxygens (including phenoxy) is 1. The van der Waals surface area contributed by atoms with Crippen molar-refractivity contribution in [3.8, 4) is 5.75 Å². The van der Waals surface area contributed by atoms with Crippen molar-refractivity contribution in [3.63, 3.8) is 0 Å². The number of hydrogen-bond donors (Lipinski definition) is 2. The van der Waals surface area contributed by atoms with Gasteiger partial charge < -0.3 is 20.0 Å². The van der Waals surface area contributed by atoms with Gasteiger partial charge in [0.15, 0.2) is 17.7 Å². The summed E-state index contributed by atoms with van der Waals surface area (Å²) in [5.74, 6) is -0.339. The molecule has 0 saturated carbocycles. The molecule has 0 saturated heterocycles. The van der Waals surface area contributed by atoms with Crippen molar-refractivity contribution < 1.29 is 23.9 Å². The standard InChI is InChI=1S/C22H23FN6O4/c1-13-26-17(18-9-20(33-28-18)15-11-25-29(12-15)5-6-30)8-19(27-13)22(31)24-10-14-3-4-16(23)21(7-14)32-2/h3-4,7-8,11-12,20,30H,5-6,9-10H2,1-2H3,(H,24,31). The Hall–Kier alpha value is -3.86. The normalized spacial score (nSPS) is 15.2. The number of halogens is 1. The molecule has 0 spiro atoms.